The Kier molecular flexibility index (Phi) is 8.59. The first-order valence-corrected chi connectivity index (χ1v) is 13.6. The van der Waals surface area contributed by atoms with Crippen LogP contribution in [0.5, 0.6) is 11.5 Å². The number of benzene rings is 3. The van der Waals surface area contributed by atoms with Gasteiger partial charge in [-0.3, -0.25) is 9.10 Å². The number of sulfonamides is 1. The first kappa shape index (κ1) is 29.2. The molecule has 212 valence electrons. The van der Waals surface area contributed by atoms with Crippen LogP contribution in [0.4, 0.5) is 23.2 Å². The third kappa shape index (κ3) is 6.34. The van der Waals surface area contributed by atoms with Crippen LogP contribution in [0.25, 0.3) is 11.6 Å². The van der Waals surface area contributed by atoms with Crippen LogP contribution < -0.4 is 13.8 Å². The lowest BCUT2D eigenvalue weighted by Gasteiger charge is -2.35. The molecule has 0 radical (unpaired) electrons. The third-order valence-electron chi connectivity index (χ3n) is 6.04. The summed E-state index contributed by atoms with van der Waals surface area (Å²) in [5, 5.41) is 9.26. The molecule has 0 spiro atoms. The van der Waals surface area contributed by atoms with Crippen molar-refractivity contribution in [3.8, 4) is 11.5 Å². The largest absolute Gasteiger partial charge is 0.486 e. The van der Waals surface area contributed by atoms with Gasteiger partial charge in [-0.25, -0.2) is 17.2 Å². The molecule has 0 aromatic heterocycles. The van der Waals surface area contributed by atoms with Crippen LogP contribution in [-0.2, 0) is 14.8 Å². The molecule has 1 unspecified atom stereocenters. The molecule has 3 aromatic rings. The summed E-state index contributed by atoms with van der Waals surface area (Å²) in [6.07, 6.45) is 0.380. The van der Waals surface area contributed by atoms with Gasteiger partial charge < -0.3 is 14.6 Å². The molecule has 7 nitrogen and oxygen atoms in total. The van der Waals surface area contributed by atoms with Gasteiger partial charge >= 0.3 is 12.6 Å². The lowest BCUT2D eigenvalue weighted by Crippen LogP contribution is -2.43. The van der Waals surface area contributed by atoms with E-state index in [1.807, 2.05) is 0 Å². The van der Waals surface area contributed by atoms with E-state index in [2.05, 4.69) is 4.74 Å². The summed E-state index contributed by atoms with van der Waals surface area (Å²) in [4.78, 5) is 10.6. The number of carbonyl (C=O) groups is 1. The molecule has 0 aliphatic carbocycles. The summed E-state index contributed by atoms with van der Waals surface area (Å²) in [5.41, 5.74) is 1.10. The van der Waals surface area contributed by atoms with Gasteiger partial charge in [-0.05, 0) is 60.9 Å². The van der Waals surface area contributed by atoms with Gasteiger partial charge in [0, 0.05) is 18.1 Å². The second kappa shape index (κ2) is 11.8. The van der Waals surface area contributed by atoms with Crippen LogP contribution >= 0.6 is 11.6 Å². The summed E-state index contributed by atoms with van der Waals surface area (Å²) >= 11 is 6.17. The van der Waals surface area contributed by atoms with Crippen molar-refractivity contribution < 1.29 is 45.4 Å². The van der Waals surface area contributed by atoms with E-state index in [4.69, 9.17) is 21.4 Å². The van der Waals surface area contributed by atoms with Gasteiger partial charge in [0.05, 0.1) is 22.2 Å². The number of rotatable bonds is 9. The zero-order chi connectivity index (χ0) is 29.2. The van der Waals surface area contributed by atoms with Crippen LogP contribution in [0.3, 0.4) is 0 Å². The van der Waals surface area contributed by atoms with Crippen molar-refractivity contribution in [3.63, 3.8) is 0 Å². The number of fused-ring (bicyclic) bond motifs is 1. The van der Waals surface area contributed by atoms with Gasteiger partial charge in [-0.1, -0.05) is 29.8 Å². The van der Waals surface area contributed by atoms with Crippen molar-refractivity contribution in [3.05, 3.63) is 82.4 Å². The highest BCUT2D eigenvalue weighted by atomic mass is 35.5. The minimum absolute atomic E-state index is 0.0312. The Labute approximate surface area is 232 Å². The number of nitrogens with zero attached hydrogens (tertiary/aromatic N) is 1. The monoisotopic (exact) mass is 599 g/mol. The van der Waals surface area contributed by atoms with Crippen LogP contribution in [0.2, 0.25) is 5.02 Å². The number of hydrogen-bond acceptors (Lipinski definition) is 5. The molecule has 40 heavy (non-hydrogen) atoms. The van der Waals surface area contributed by atoms with Crippen LogP contribution in [0.15, 0.2) is 59.5 Å². The van der Waals surface area contributed by atoms with E-state index in [0.717, 1.165) is 10.4 Å². The van der Waals surface area contributed by atoms with Crippen molar-refractivity contribution in [1.29, 1.82) is 0 Å². The molecule has 1 atom stereocenters. The molecule has 4 rings (SSSR count). The van der Waals surface area contributed by atoms with E-state index in [0.29, 0.717) is 23.3 Å². The van der Waals surface area contributed by atoms with Gasteiger partial charge in [0.2, 0.25) is 0 Å². The van der Waals surface area contributed by atoms with E-state index in [9.17, 15) is 30.8 Å². The lowest BCUT2D eigenvalue weighted by atomic mass is 10.0. The summed E-state index contributed by atoms with van der Waals surface area (Å²) < 4.78 is 92.3. The molecular weight excluding hydrogens is 578 g/mol. The number of aliphatic carboxylic acids is 1. The molecule has 0 amide bonds. The van der Waals surface area contributed by atoms with Crippen molar-refractivity contribution in [2.24, 2.45) is 0 Å². The van der Waals surface area contributed by atoms with Crippen molar-refractivity contribution in [2.45, 2.75) is 37.4 Å². The predicted octanol–water partition coefficient (Wildman–Crippen LogP) is 6.60. The minimum atomic E-state index is -4.52. The number of ether oxygens (including phenoxy) is 2. The fraction of sp³-hybridized carbons (Fsp3) is 0.222. The van der Waals surface area contributed by atoms with E-state index < -0.39 is 51.0 Å². The maximum absolute atomic E-state index is 14.4. The molecule has 1 N–H and O–H groups in total. The average molecular weight is 600 g/mol. The summed E-state index contributed by atoms with van der Waals surface area (Å²) in [6.45, 7) is -2.09. The van der Waals surface area contributed by atoms with Gasteiger partial charge in [0.15, 0.2) is 11.6 Å². The van der Waals surface area contributed by atoms with Gasteiger partial charge in [0.1, 0.15) is 17.7 Å². The highest BCUT2D eigenvalue weighted by molar-refractivity contribution is 7.92. The Balaban J connectivity index is 1.79. The number of allylic oxidation sites excluding steroid dienone is 1. The SMILES string of the molecule is CC(=Cc1ccc2c(c1)N(S(=O)(=O)c1ccc(F)c(OC(F)F)c1)CC(CCC(=O)O)O2)c1c(F)cccc1Cl. The lowest BCUT2D eigenvalue weighted by molar-refractivity contribution is -0.137. The molecule has 0 fully saturated rings. The molecule has 0 bridgehead atoms. The fourth-order valence-electron chi connectivity index (χ4n) is 4.24. The maximum atomic E-state index is 14.4. The van der Waals surface area contributed by atoms with Crippen molar-refractivity contribution in [1.82, 2.24) is 0 Å². The molecule has 3 aromatic carbocycles. The molecule has 1 aliphatic heterocycles. The average Bonchev–Trinajstić information content (AvgIpc) is 2.87. The first-order valence-electron chi connectivity index (χ1n) is 11.8. The zero-order valence-electron chi connectivity index (χ0n) is 20.8. The van der Waals surface area contributed by atoms with Gasteiger partial charge in [0.25, 0.3) is 10.0 Å². The Hall–Kier alpha value is -3.77. The molecule has 0 saturated carbocycles. The first-order chi connectivity index (χ1) is 18.9. The standard InChI is InChI=1S/C27H22ClF4NO6S/c1-15(26-19(28)3-2-4-21(26)30)11-16-5-9-23-22(12-16)33(14-17(38-23)6-10-25(34)35)40(36,37)18-7-8-20(29)24(13-18)39-27(31)32/h2-5,7-9,11-13,17,27H,6,10,14H2,1H3,(H,34,35). The Morgan fingerprint density at radius 1 is 1.18 bits per heavy atom. The minimum Gasteiger partial charge on any atom is -0.486 e. The van der Waals surface area contributed by atoms with E-state index in [1.54, 1.807) is 19.1 Å². The highest BCUT2D eigenvalue weighted by Gasteiger charge is 2.35. The number of carboxylic acid groups (broad SMARTS) is 1. The van der Waals surface area contributed by atoms with Crippen LogP contribution in [0.1, 0.15) is 30.9 Å². The summed E-state index contributed by atoms with van der Waals surface area (Å²) in [5.74, 6) is -3.70. The van der Waals surface area contributed by atoms with Gasteiger partial charge in [-0.15, -0.1) is 0 Å². The molecule has 1 aliphatic rings. The molecule has 1 heterocycles. The van der Waals surface area contributed by atoms with Crippen molar-refractivity contribution >= 4 is 44.9 Å². The van der Waals surface area contributed by atoms with Crippen molar-refractivity contribution in [2.75, 3.05) is 10.8 Å². The third-order valence-corrected chi connectivity index (χ3v) is 8.13. The number of halogens is 5. The summed E-state index contributed by atoms with van der Waals surface area (Å²) in [6, 6.07) is 11.0. The quantitative estimate of drug-likeness (QED) is 0.220. The number of anilines is 1. The molecule has 0 saturated heterocycles. The predicted molar refractivity (Wildman–Crippen MR) is 140 cm³/mol. The Morgan fingerprint density at radius 3 is 2.60 bits per heavy atom. The second-order valence-corrected chi connectivity index (χ2v) is 11.1. The topological polar surface area (TPSA) is 93.1 Å². The Bertz CT molecular complexity index is 1560. The van der Waals surface area contributed by atoms with Crippen LogP contribution in [0, 0.1) is 11.6 Å². The van der Waals surface area contributed by atoms with E-state index in [-0.39, 0.29) is 41.4 Å². The van der Waals surface area contributed by atoms with Gasteiger partial charge in [-0.2, -0.15) is 8.78 Å². The van der Waals surface area contributed by atoms with E-state index in [1.165, 1.54) is 30.3 Å². The zero-order valence-corrected chi connectivity index (χ0v) is 22.4. The molecular formula is C27H22ClF4NO6S. The fourth-order valence-corrected chi connectivity index (χ4v) is 6.06. The highest BCUT2D eigenvalue weighted by Crippen LogP contribution is 2.40. The number of hydrogen-bond donors (Lipinski definition) is 1. The number of alkyl halides is 2. The molecule has 13 heteroatoms. The summed E-state index contributed by atoms with van der Waals surface area (Å²) in [7, 11) is -4.52. The normalized spacial score (nSPS) is 15.5. The van der Waals surface area contributed by atoms with E-state index >= 15 is 0 Å². The second-order valence-electron chi connectivity index (χ2n) is 8.83. The number of carboxylic acids is 1. The smallest absolute Gasteiger partial charge is 0.387 e. The van der Waals surface area contributed by atoms with Crippen LogP contribution in [-0.4, -0.2) is 38.8 Å². The maximum Gasteiger partial charge on any atom is 0.387 e. The Morgan fingerprint density at radius 2 is 1.93 bits per heavy atom.